The van der Waals surface area contributed by atoms with Gasteiger partial charge in [-0.05, 0) is 37.0 Å². The monoisotopic (exact) mass is 459 g/mol. The van der Waals surface area contributed by atoms with Crippen molar-refractivity contribution in [2.45, 2.75) is 37.8 Å². The summed E-state index contributed by atoms with van der Waals surface area (Å²) in [5.41, 5.74) is -0.452. The molecule has 1 saturated carbocycles. The van der Waals surface area contributed by atoms with Gasteiger partial charge in [-0.2, -0.15) is 13.2 Å². The number of halogens is 5. The van der Waals surface area contributed by atoms with Crippen LogP contribution in [0.4, 0.5) is 27.1 Å². The number of hydrogen-bond donors (Lipinski definition) is 1. The summed E-state index contributed by atoms with van der Waals surface area (Å²) >= 11 is 0.897. The SMILES string of the molecule is O=C(Nc1nc(C2=NCCO2)c(-c2cccc(C(F)(F)F)c2)s1)C1C(F)CCCC1F. The fourth-order valence-electron chi connectivity index (χ4n) is 3.64. The van der Waals surface area contributed by atoms with E-state index in [4.69, 9.17) is 4.74 Å². The second-order valence-electron chi connectivity index (χ2n) is 7.29. The number of alkyl halides is 5. The normalized spacial score (nSPS) is 23.9. The number of anilines is 1. The van der Waals surface area contributed by atoms with Gasteiger partial charge in [-0.1, -0.05) is 23.5 Å². The highest BCUT2D eigenvalue weighted by Crippen LogP contribution is 2.38. The fraction of sp³-hybridized carbons (Fsp3) is 0.450. The first-order valence-electron chi connectivity index (χ1n) is 9.69. The number of hydrogen-bond acceptors (Lipinski definition) is 5. The number of amides is 1. The van der Waals surface area contributed by atoms with Crippen molar-refractivity contribution >= 4 is 28.3 Å². The molecule has 0 spiro atoms. The minimum atomic E-state index is -4.54. The maximum absolute atomic E-state index is 14.1. The zero-order chi connectivity index (χ0) is 22.2. The van der Waals surface area contributed by atoms with E-state index in [9.17, 15) is 26.7 Å². The third kappa shape index (κ3) is 4.56. The van der Waals surface area contributed by atoms with E-state index in [1.54, 1.807) is 0 Å². The van der Waals surface area contributed by atoms with Crippen molar-refractivity contribution in [3.63, 3.8) is 0 Å². The van der Waals surface area contributed by atoms with Gasteiger partial charge in [0.05, 0.1) is 17.0 Å². The smallest absolute Gasteiger partial charge is 0.416 e. The Balaban J connectivity index is 1.67. The van der Waals surface area contributed by atoms with Crippen molar-refractivity contribution in [3.05, 3.63) is 35.5 Å². The molecule has 1 fully saturated rings. The van der Waals surface area contributed by atoms with Gasteiger partial charge in [0.2, 0.25) is 11.8 Å². The zero-order valence-corrected chi connectivity index (χ0v) is 16.9. The molecule has 0 saturated heterocycles. The minimum absolute atomic E-state index is 0.00980. The van der Waals surface area contributed by atoms with Crippen LogP contribution in [0.15, 0.2) is 29.3 Å². The highest BCUT2D eigenvalue weighted by molar-refractivity contribution is 7.19. The molecule has 0 bridgehead atoms. The lowest BCUT2D eigenvalue weighted by Gasteiger charge is -2.27. The number of nitrogens with one attached hydrogen (secondary N) is 1. The van der Waals surface area contributed by atoms with Crippen LogP contribution in [0.5, 0.6) is 0 Å². The van der Waals surface area contributed by atoms with E-state index >= 15 is 0 Å². The van der Waals surface area contributed by atoms with E-state index in [1.165, 1.54) is 12.1 Å². The van der Waals surface area contributed by atoms with E-state index in [-0.39, 0.29) is 35.1 Å². The van der Waals surface area contributed by atoms with Gasteiger partial charge in [0.1, 0.15) is 30.6 Å². The third-order valence-electron chi connectivity index (χ3n) is 5.14. The number of aromatic nitrogens is 1. The van der Waals surface area contributed by atoms with Crippen molar-refractivity contribution in [2.75, 3.05) is 18.5 Å². The van der Waals surface area contributed by atoms with Crippen LogP contribution in [-0.4, -0.2) is 42.3 Å². The summed E-state index contributed by atoms with van der Waals surface area (Å²) < 4.78 is 73.1. The Morgan fingerprint density at radius 2 is 1.94 bits per heavy atom. The molecule has 2 atom stereocenters. The van der Waals surface area contributed by atoms with Gasteiger partial charge in [0.25, 0.3) is 0 Å². The van der Waals surface area contributed by atoms with Crippen molar-refractivity contribution in [2.24, 2.45) is 10.9 Å². The number of benzene rings is 1. The lowest BCUT2D eigenvalue weighted by Crippen LogP contribution is -2.40. The summed E-state index contributed by atoms with van der Waals surface area (Å²) in [6.45, 7) is 0.664. The average Bonchev–Trinajstić information content (AvgIpc) is 3.37. The molecule has 1 aliphatic heterocycles. The predicted octanol–water partition coefficient (Wildman–Crippen LogP) is 5.02. The molecule has 4 rings (SSSR count). The molecule has 0 radical (unpaired) electrons. The Hall–Kier alpha value is -2.56. The van der Waals surface area contributed by atoms with Crippen LogP contribution in [0.2, 0.25) is 0 Å². The summed E-state index contributed by atoms with van der Waals surface area (Å²) in [6.07, 6.45) is -7.18. The lowest BCUT2D eigenvalue weighted by atomic mass is 9.85. The van der Waals surface area contributed by atoms with Gasteiger partial charge in [-0.3, -0.25) is 4.79 Å². The first kappa shape index (κ1) is 21.7. The van der Waals surface area contributed by atoms with E-state index in [1.807, 2.05) is 0 Å². The minimum Gasteiger partial charge on any atom is -0.474 e. The Morgan fingerprint density at radius 3 is 2.58 bits per heavy atom. The van der Waals surface area contributed by atoms with Crippen LogP contribution in [0.3, 0.4) is 0 Å². The number of rotatable bonds is 4. The summed E-state index contributed by atoms with van der Waals surface area (Å²) in [7, 11) is 0. The predicted molar refractivity (Wildman–Crippen MR) is 106 cm³/mol. The number of ether oxygens (including phenoxy) is 1. The average molecular weight is 459 g/mol. The first-order chi connectivity index (χ1) is 14.7. The molecule has 166 valence electrons. The molecule has 1 N–H and O–H groups in total. The molecule has 1 aromatic heterocycles. The van der Waals surface area contributed by atoms with Gasteiger partial charge in [0.15, 0.2) is 5.13 Å². The Morgan fingerprint density at radius 1 is 1.19 bits per heavy atom. The maximum Gasteiger partial charge on any atom is 0.416 e. The van der Waals surface area contributed by atoms with Crippen molar-refractivity contribution in [1.29, 1.82) is 0 Å². The molecule has 2 unspecified atom stereocenters. The Kier molecular flexibility index (Phi) is 5.96. The molecule has 2 aromatic rings. The summed E-state index contributed by atoms with van der Waals surface area (Å²) in [4.78, 5) is 21.2. The highest BCUT2D eigenvalue weighted by atomic mass is 32.1. The number of carbonyl (C=O) groups is 1. The van der Waals surface area contributed by atoms with Crippen molar-refractivity contribution in [1.82, 2.24) is 4.98 Å². The molecular weight excluding hydrogens is 441 g/mol. The molecule has 1 aromatic carbocycles. The van der Waals surface area contributed by atoms with E-state index in [0.717, 1.165) is 23.5 Å². The van der Waals surface area contributed by atoms with Gasteiger partial charge in [0, 0.05) is 0 Å². The van der Waals surface area contributed by atoms with Gasteiger partial charge in [-0.25, -0.2) is 18.8 Å². The quantitative estimate of drug-likeness (QED) is 0.653. The largest absolute Gasteiger partial charge is 0.474 e. The molecular formula is C20H18F5N3O2S. The molecule has 2 heterocycles. The molecule has 1 amide bonds. The van der Waals surface area contributed by atoms with Crippen LogP contribution in [-0.2, 0) is 15.7 Å². The molecule has 2 aliphatic rings. The van der Waals surface area contributed by atoms with Crippen LogP contribution in [0, 0.1) is 5.92 Å². The molecule has 31 heavy (non-hydrogen) atoms. The summed E-state index contributed by atoms with van der Waals surface area (Å²) in [5, 5.41) is 2.44. The van der Waals surface area contributed by atoms with Crippen molar-refractivity contribution in [3.8, 4) is 10.4 Å². The third-order valence-corrected chi connectivity index (χ3v) is 6.16. The second kappa shape index (κ2) is 8.52. The van der Waals surface area contributed by atoms with E-state index < -0.39 is 35.9 Å². The highest BCUT2D eigenvalue weighted by Gasteiger charge is 2.39. The van der Waals surface area contributed by atoms with Crippen LogP contribution < -0.4 is 5.32 Å². The Bertz CT molecular complexity index is 997. The molecule has 11 heteroatoms. The van der Waals surface area contributed by atoms with Crippen LogP contribution >= 0.6 is 11.3 Å². The topological polar surface area (TPSA) is 63.6 Å². The number of nitrogens with zero attached hydrogens (tertiary/aromatic N) is 2. The van der Waals surface area contributed by atoms with E-state index in [0.29, 0.717) is 24.4 Å². The van der Waals surface area contributed by atoms with Crippen LogP contribution in [0.25, 0.3) is 10.4 Å². The Labute approximate surface area is 178 Å². The van der Waals surface area contributed by atoms with E-state index in [2.05, 4.69) is 15.3 Å². The molecule has 1 aliphatic carbocycles. The standard InChI is InChI=1S/C20H18F5N3O2S/c21-12-5-2-6-13(22)14(12)17(29)28-19-27-15(18-26-7-8-30-18)16(31-19)10-3-1-4-11(9-10)20(23,24)25/h1,3-4,9,12-14H,2,5-8H2,(H,27,28,29). The number of carbonyl (C=O) groups excluding carboxylic acids is 1. The summed E-state index contributed by atoms with van der Waals surface area (Å²) in [6, 6.07) is 4.65. The zero-order valence-electron chi connectivity index (χ0n) is 16.1. The van der Waals surface area contributed by atoms with Crippen LogP contribution in [0.1, 0.15) is 30.5 Å². The maximum atomic E-state index is 14.1. The lowest BCUT2D eigenvalue weighted by molar-refractivity contribution is -0.137. The number of aliphatic imine (C=N–C) groups is 1. The first-order valence-corrected chi connectivity index (χ1v) is 10.5. The fourth-order valence-corrected chi connectivity index (χ4v) is 4.60. The molecule has 5 nitrogen and oxygen atoms in total. The van der Waals surface area contributed by atoms with Gasteiger partial charge < -0.3 is 10.1 Å². The van der Waals surface area contributed by atoms with Gasteiger partial charge >= 0.3 is 6.18 Å². The van der Waals surface area contributed by atoms with Gasteiger partial charge in [-0.15, -0.1) is 0 Å². The number of thiazole rings is 1. The second-order valence-corrected chi connectivity index (χ2v) is 8.29. The summed E-state index contributed by atoms with van der Waals surface area (Å²) in [5.74, 6) is -2.14. The van der Waals surface area contributed by atoms with Crippen molar-refractivity contribution < 1.29 is 31.5 Å².